The zero-order valence-corrected chi connectivity index (χ0v) is 12.8. The van der Waals surface area contributed by atoms with Crippen LogP contribution in [0.2, 0.25) is 0 Å². The highest BCUT2D eigenvalue weighted by Gasteiger charge is 2.36. The van der Waals surface area contributed by atoms with Crippen molar-refractivity contribution in [1.29, 1.82) is 0 Å². The average Bonchev–Trinajstić information content (AvgIpc) is 2.85. The van der Waals surface area contributed by atoms with Gasteiger partial charge in [0, 0.05) is 12.5 Å². The van der Waals surface area contributed by atoms with Gasteiger partial charge in [-0.1, -0.05) is 27.7 Å². The molecule has 4 nitrogen and oxygen atoms in total. The van der Waals surface area contributed by atoms with Crippen LogP contribution in [-0.4, -0.2) is 36.5 Å². The first-order valence-corrected chi connectivity index (χ1v) is 7.26. The number of methoxy groups -OCH3 is 1. The Morgan fingerprint density at radius 1 is 1.26 bits per heavy atom. The summed E-state index contributed by atoms with van der Waals surface area (Å²) in [4.78, 5) is 25.8. The van der Waals surface area contributed by atoms with Gasteiger partial charge in [-0.2, -0.15) is 0 Å². The highest BCUT2D eigenvalue weighted by atomic mass is 16.5. The van der Waals surface area contributed by atoms with Crippen LogP contribution < -0.4 is 0 Å². The van der Waals surface area contributed by atoms with E-state index in [0.29, 0.717) is 18.4 Å². The van der Waals surface area contributed by atoms with E-state index in [9.17, 15) is 9.59 Å². The van der Waals surface area contributed by atoms with Gasteiger partial charge in [0.25, 0.3) is 0 Å². The standard InChI is InChI=1S/C15H27NO3/c1-10(2)11(3)9-12(4)14(17)16-8-6-7-13(16)15(18)19-5/h10-13H,6-9H2,1-5H3. The summed E-state index contributed by atoms with van der Waals surface area (Å²) in [7, 11) is 1.38. The molecule has 3 atom stereocenters. The molecule has 0 bridgehead atoms. The average molecular weight is 269 g/mol. The summed E-state index contributed by atoms with van der Waals surface area (Å²) in [6, 6.07) is -0.366. The number of carbonyl (C=O) groups excluding carboxylic acids is 2. The van der Waals surface area contributed by atoms with Gasteiger partial charge >= 0.3 is 5.97 Å². The van der Waals surface area contributed by atoms with Crippen LogP contribution in [0.25, 0.3) is 0 Å². The van der Waals surface area contributed by atoms with E-state index in [0.717, 1.165) is 19.3 Å². The van der Waals surface area contributed by atoms with Gasteiger partial charge in [0.1, 0.15) is 6.04 Å². The lowest BCUT2D eigenvalue weighted by atomic mass is 9.88. The lowest BCUT2D eigenvalue weighted by Gasteiger charge is -2.27. The predicted octanol–water partition coefficient (Wildman–Crippen LogP) is 2.47. The van der Waals surface area contributed by atoms with Crippen LogP contribution in [0.3, 0.4) is 0 Å². The summed E-state index contributed by atoms with van der Waals surface area (Å²) in [5.74, 6) is 0.876. The Labute approximate surface area is 116 Å². The van der Waals surface area contributed by atoms with Gasteiger partial charge in [0.15, 0.2) is 0 Å². The smallest absolute Gasteiger partial charge is 0.328 e. The van der Waals surface area contributed by atoms with Gasteiger partial charge in [0.2, 0.25) is 5.91 Å². The molecule has 0 spiro atoms. The van der Waals surface area contributed by atoms with Crippen molar-refractivity contribution in [3.63, 3.8) is 0 Å². The first-order valence-electron chi connectivity index (χ1n) is 7.26. The molecule has 0 saturated carbocycles. The predicted molar refractivity (Wildman–Crippen MR) is 74.5 cm³/mol. The Morgan fingerprint density at radius 2 is 1.89 bits per heavy atom. The largest absolute Gasteiger partial charge is 0.467 e. The zero-order chi connectivity index (χ0) is 14.6. The minimum absolute atomic E-state index is 0.0253. The summed E-state index contributed by atoms with van der Waals surface area (Å²) in [6.07, 6.45) is 2.49. The molecular weight excluding hydrogens is 242 g/mol. The maximum Gasteiger partial charge on any atom is 0.328 e. The van der Waals surface area contributed by atoms with E-state index in [2.05, 4.69) is 20.8 Å². The Hall–Kier alpha value is -1.06. The Balaban J connectivity index is 2.63. The fraction of sp³-hybridized carbons (Fsp3) is 0.867. The zero-order valence-electron chi connectivity index (χ0n) is 12.8. The lowest BCUT2D eigenvalue weighted by Crippen LogP contribution is -2.43. The topological polar surface area (TPSA) is 46.6 Å². The van der Waals surface area contributed by atoms with Crippen molar-refractivity contribution in [3.05, 3.63) is 0 Å². The first-order chi connectivity index (χ1) is 8.88. The number of ether oxygens (including phenoxy) is 1. The molecule has 1 saturated heterocycles. The number of hydrogen-bond acceptors (Lipinski definition) is 3. The van der Waals surface area contributed by atoms with Crippen LogP contribution in [0.5, 0.6) is 0 Å². The second-order valence-electron chi connectivity index (χ2n) is 6.07. The summed E-state index contributed by atoms with van der Waals surface area (Å²) in [5.41, 5.74) is 0. The minimum atomic E-state index is -0.366. The number of nitrogens with zero attached hydrogens (tertiary/aromatic N) is 1. The summed E-state index contributed by atoms with van der Waals surface area (Å²) in [5, 5.41) is 0. The van der Waals surface area contributed by atoms with Gasteiger partial charge < -0.3 is 9.64 Å². The van der Waals surface area contributed by atoms with E-state index >= 15 is 0 Å². The maximum atomic E-state index is 12.5. The van der Waals surface area contributed by atoms with Crippen molar-refractivity contribution in [1.82, 2.24) is 4.90 Å². The van der Waals surface area contributed by atoms with Crippen molar-refractivity contribution >= 4 is 11.9 Å². The molecular formula is C15H27NO3. The maximum absolute atomic E-state index is 12.5. The van der Waals surface area contributed by atoms with Gasteiger partial charge in [-0.15, -0.1) is 0 Å². The van der Waals surface area contributed by atoms with E-state index < -0.39 is 0 Å². The SMILES string of the molecule is COC(=O)C1CCCN1C(=O)C(C)CC(C)C(C)C. The molecule has 0 aromatic carbocycles. The molecule has 110 valence electrons. The molecule has 0 aliphatic carbocycles. The van der Waals surface area contributed by atoms with Crippen LogP contribution in [0, 0.1) is 17.8 Å². The monoisotopic (exact) mass is 269 g/mol. The first kappa shape index (κ1) is 16.0. The van der Waals surface area contributed by atoms with Crippen LogP contribution in [0.4, 0.5) is 0 Å². The van der Waals surface area contributed by atoms with Crippen LogP contribution in [-0.2, 0) is 14.3 Å². The van der Waals surface area contributed by atoms with Crippen LogP contribution in [0.1, 0.15) is 47.0 Å². The Kier molecular flexibility index (Phi) is 5.83. The molecule has 1 rings (SSSR count). The Bertz CT molecular complexity index is 327. The molecule has 0 N–H and O–H groups in total. The number of amides is 1. The molecule has 0 radical (unpaired) electrons. The molecule has 4 heteroatoms. The van der Waals surface area contributed by atoms with E-state index in [-0.39, 0.29) is 23.8 Å². The lowest BCUT2D eigenvalue weighted by molar-refractivity contribution is -0.152. The second-order valence-corrected chi connectivity index (χ2v) is 6.07. The molecule has 1 aliphatic rings. The van der Waals surface area contributed by atoms with Crippen molar-refractivity contribution in [2.45, 2.75) is 53.0 Å². The highest BCUT2D eigenvalue weighted by molar-refractivity contribution is 5.86. The third-order valence-corrected chi connectivity index (χ3v) is 4.29. The fourth-order valence-electron chi connectivity index (χ4n) is 2.63. The fourth-order valence-corrected chi connectivity index (χ4v) is 2.63. The molecule has 1 amide bonds. The van der Waals surface area contributed by atoms with Gasteiger partial charge in [-0.3, -0.25) is 4.79 Å². The van der Waals surface area contributed by atoms with Crippen molar-refractivity contribution in [3.8, 4) is 0 Å². The van der Waals surface area contributed by atoms with Gasteiger partial charge in [0.05, 0.1) is 7.11 Å². The van der Waals surface area contributed by atoms with Gasteiger partial charge in [-0.05, 0) is 31.1 Å². The van der Waals surface area contributed by atoms with E-state index in [1.807, 2.05) is 6.92 Å². The molecule has 1 heterocycles. The molecule has 0 aromatic heterocycles. The second kappa shape index (κ2) is 6.92. The quantitative estimate of drug-likeness (QED) is 0.720. The van der Waals surface area contributed by atoms with E-state index in [4.69, 9.17) is 4.74 Å². The third kappa shape index (κ3) is 3.95. The number of hydrogen-bond donors (Lipinski definition) is 0. The van der Waals surface area contributed by atoms with E-state index in [1.54, 1.807) is 4.90 Å². The number of carbonyl (C=O) groups is 2. The minimum Gasteiger partial charge on any atom is -0.467 e. The van der Waals surface area contributed by atoms with Gasteiger partial charge in [-0.25, -0.2) is 4.79 Å². The van der Waals surface area contributed by atoms with Crippen LogP contribution in [0.15, 0.2) is 0 Å². The summed E-state index contributed by atoms with van der Waals surface area (Å²) >= 11 is 0. The normalized spacial score (nSPS) is 22.4. The summed E-state index contributed by atoms with van der Waals surface area (Å²) in [6.45, 7) is 9.17. The molecule has 1 aliphatic heterocycles. The van der Waals surface area contributed by atoms with Crippen molar-refractivity contribution in [2.24, 2.45) is 17.8 Å². The highest BCUT2D eigenvalue weighted by Crippen LogP contribution is 2.25. The van der Waals surface area contributed by atoms with Crippen molar-refractivity contribution < 1.29 is 14.3 Å². The Morgan fingerprint density at radius 3 is 2.42 bits per heavy atom. The molecule has 3 unspecified atom stereocenters. The number of likely N-dealkylation sites (tertiary alicyclic amines) is 1. The molecule has 1 fully saturated rings. The molecule has 19 heavy (non-hydrogen) atoms. The number of rotatable bonds is 5. The molecule has 0 aromatic rings. The van der Waals surface area contributed by atoms with Crippen LogP contribution >= 0.6 is 0 Å². The third-order valence-electron chi connectivity index (χ3n) is 4.29. The van der Waals surface area contributed by atoms with Crippen molar-refractivity contribution in [2.75, 3.05) is 13.7 Å². The van der Waals surface area contributed by atoms with E-state index in [1.165, 1.54) is 7.11 Å². The summed E-state index contributed by atoms with van der Waals surface area (Å²) < 4.78 is 4.78. The number of esters is 1.